The second kappa shape index (κ2) is 5.58. The van der Waals surface area contributed by atoms with E-state index in [2.05, 4.69) is 28.1 Å². The fourth-order valence-electron chi connectivity index (χ4n) is 2.19. The van der Waals surface area contributed by atoms with Crippen molar-refractivity contribution in [1.29, 1.82) is 5.41 Å². The second-order valence-electron chi connectivity index (χ2n) is 4.63. The van der Waals surface area contributed by atoms with Gasteiger partial charge in [0, 0.05) is 15.4 Å². The Balaban J connectivity index is 1.99. The first-order chi connectivity index (χ1) is 10.1. The molecular formula is C17H13BrN2O. The van der Waals surface area contributed by atoms with Crippen LogP contribution in [0.5, 0.6) is 11.5 Å². The van der Waals surface area contributed by atoms with Crippen LogP contribution in [0.15, 0.2) is 65.1 Å². The van der Waals surface area contributed by atoms with Crippen molar-refractivity contribution in [3.8, 4) is 11.5 Å². The van der Waals surface area contributed by atoms with E-state index in [0.717, 1.165) is 21.0 Å². The van der Waals surface area contributed by atoms with Gasteiger partial charge in [0.2, 0.25) is 0 Å². The summed E-state index contributed by atoms with van der Waals surface area (Å²) in [5, 5.41) is 9.68. The van der Waals surface area contributed by atoms with Crippen molar-refractivity contribution in [2.75, 3.05) is 0 Å². The van der Waals surface area contributed by atoms with E-state index in [1.54, 1.807) is 6.07 Å². The number of benzene rings is 3. The number of hydrogen-bond donors (Lipinski definition) is 2. The lowest BCUT2D eigenvalue weighted by atomic mass is 10.1. The van der Waals surface area contributed by atoms with Crippen molar-refractivity contribution in [3.05, 3.63) is 70.7 Å². The van der Waals surface area contributed by atoms with E-state index in [0.29, 0.717) is 11.3 Å². The molecule has 21 heavy (non-hydrogen) atoms. The molecule has 0 spiro atoms. The van der Waals surface area contributed by atoms with E-state index >= 15 is 0 Å². The third kappa shape index (κ3) is 2.76. The number of amidine groups is 1. The number of halogens is 1. The molecule has 0 atom stereocenters. The molecule has 0 heterocycles. The van der Waals surface area contributed by atoms with Gasteiger partial charge in [-0.1, -0.05) is 36.4 Å². The first-order valence-corrected chi connectivity index (χ1v) is 7.24. The third-order valence-corrected chi connectivity index (χ3v) is 3.86. The number of rotatable bonds is 3. The Hall–Kier alpha value is -2.33. The van der Waals surface area contributed by atoms with Crippen LogP contribution in [0.25, 0.3) is 10.8 Å². The van der Waals surface area contributed by atoms with Gasteiger partial charge in [-0.2, -0.15) is 0 Å². The van der Waals surface area contributed by atoms with Gasteiger partial charge in [0.25, 0.3) is 0 Å². The van der Waals surface area contributed by atoms with Crippen LogP contribution >= 0.6 is 15.9 Å². The average molecular weight is 341 g/mol. The molecule has 0 amide bonds. The lowest BCUT2D eigenvalue weighted by molar-refractivity contribution is 0.488. The molecule has 0 aliphatic carbocycles. The van der Waals surface area contributed by atoms with Crippen LogP contribution < -0.4 is 10.5 Å². The molecule has 3 aromatic carbocycles. The molecule has 0 fully saturated rings. The topological polar surface area (TPSA) is 59.1 Å². The van der Waals surface area contributed by atoms with E-state index < -0.39 is 0 Å². The second-order valence-corrected chi connectivity index (χ2v) is 5.49. The normalized spacial score (nSPS) is 10.5. The van der Waals surface area contributed by atoms with Gasteiger partial charge in [0.15, 0.2) is 0 Å². The number of fused-ring (bicyclic) bond motifs is 1. The van der Waals surface area contributed by atoms with Crippen LogP contribution in [0, 0.1) is 5.41 Å². The molecule has 3 N–H and O–H groups in total. The minimum absolute atomic E-state index is 0.0265. The summed E-state index contributed by atoms with van der Waals surface area (Å²) in [5.41, 5.74) is 6.16. The Morgan fingerprint density at radius 1 is 1.00 bits per heavy atom. The third-order valence-electron chi connectivity index (χ3n) is 3.21. The summed E-state index contributed by atoms with van der Waals surface area (Å²) in [5.74, 6) is 1.53. The van der Waals surface area contributed by atoms with Gasteiger partial charge in [-0.25, -0.2) is 0 Å². The number of nitrogen functional groups attached to an aromatic ring is 1. The van der Waals surface area contributed by atoms with E-state index in [-0.39, 0.29) is 5.84 Å². The number of nitrogens with one attached hydrogen (secondary N) is 1. The summed E-state index contributed by atoms with van der Waals surface area (Å²) in [6, 6.07) is 19.4. The van der Waals surface area contributed by atoms with Crippen LogP contribution in [0.4, 0.5) is 0 Å². The molecule has 0 aliphatic rings. The maximum absolute atomic E-state index is 7.48. The standard InChI is InChI=1S/C17H13BrN2O/c18-15-10-12(8-9-14(15)17(19)20)21-16-7-3-5-11-4-1-2-6-13(11)16/h1-10H,(H3,19,20). The van der Waals surface area contributed by atoms with E-state index in [4.69, 9.17) is 15.9 Å². The van der Waals surface area contributed by atoms with Crippen molar-refractivity contribution in [2.24, 2.45) is 5.73 Å². The van der Waals surface area contributed by atoms with Gasteiger partial charge in [-0.05, 0) is 45.6 Å². The summed E-state index contributed by atoms with van der Waals surface area (Å²) >= 11 is 3.41. The highest BCUT2D eigenvalue weighted by atomic mass is 79.9. The highest BCUT2D eigenvalue weighted by Crippen LogP contribution is 2.31. The first-order valence-electron chi connectivity index (χ1n) is 6.45. The zero-order chi connectivity index (χ0) is 14.8. The van der Waals surface area contributed by atoms with Crippen molar-refractivity contribution < 1.29 is 4.74 Å². The molecule has 0 saturated heterocycles. The molecule has 3 nitrogen and oxygen atoms in total. The Morgan fingerprint density at radius 3 is 2.52 bits per heavy atom. The molecule has 0 aromatic heterocycles. The predicted octanol–water partition coefficient (Wildman–Crippen LogP) is 4.68. The van der Waals surface area contributed by atoms with Crippen molar-refractivity contribution >= 4 is 32.5 Å². The maximum Gasteiger partial charge on any atom is 0.135 e. The van der Waals surface area contributed by atoms with Crippen LogP contribution in [0.3, 0.4) is 0 Å². The quantitative estimate of drug-likeness (QED) is 0.537. The average Bonchev–Trinajstić information content (AvgIpc) is 2.47. The first kappa shape index (κ1) is 13.6. The minimum atomic E-state index is 0.0265. The Bertz CT molecular complexity index is 825. The van der Waals surface area contributed by atoms with Crippen LogP contribution in [-0.2, 0) is 0 Å². The Kier molecular flexibility index (Phi) is 3.62. The summed E-state index contributed by atoms with van der Waals surface area (Å²) in [6.45, 7) is 0. The summed E-state index contributed by atoms with van der Waals surface area (Å²) in [7, 11) is 0. The van der Waals surface area contributed by atoms with Crippen molar-refractivity contribution in [1.82, 2.24) is 0 Å². The smallest absolute Gasteiger partial charge is 0.135 e. The summed E-state index contributed by atoms with van der Waals surface area (Å²) in [4.78, 5) is 0. The fraction of sp³-hybridized carbons (Fsp3) is 0. The van der Waals surface area contributed by atoms with Crippen LogP contribution in [0.1, 0.15) is 5.56 Å². The molecule has 0 saturated carbocycles. The molecule has 0 bridgehead atoms. The van der Waals surface area contributed by atoms with Gasteiger partial charge in [-0.15, -0.1) is 0 Å². The predicted molar refractivity (Wildman–Crippen MR) is 89.2 cm³/mol. The van der Waals surface area contributed by atoms with Gasteiger partial charge in [0.05, 0.1) is 0 Å². The van der Waals surface area contributed by atoms with E-state index in [9.17, 15) is 0 Å². The SMILES string of the molecule is N=C(N)c1ccc(Oc2cccc3ccccc23)cc1Br. The molecule has 3 rings (SSSR count). The van der Waals surface area contributed by atoms with Gasteiger partial charge in [0.1, 0.15) is 17.3 Å². The number of ether oxygens (including phenoxy) is 1. The molecular weight excluding hydrogens is 328 g/mol. The molecule has 3 aromatic rings. The molecule has 0 unspecified atom stereocenters. The zero-order valence-corrected chi connectivity index (χ0v) is 12.7. The largest absolute Gasteiger partial charge is 0.457 e. The molecule has 4 heteroatoms. The van der Waals surface area contributed by atoms with E-state index in [1.165, 1.54) is 0 Å². The lowest BCUT2D eigenvalue weighted by Gasteiger charge is -2.10. The Morgan fingerprint density at radius 2 is 1.76 bits per heavy atom. The summed E-state index contributed by atoms with van der Waals surface area (Å²) < 4.78 is 6.71. The minimum Gasteiger partial charge on any atom is -0.457 e. The molecule has 0 radical (unpaired) electrons. The Labute approximate surface area is 131 Å². The van der Waals surface area contributed by atoms with Crippen LogP contribution in [0.2, 0.25) is 0 Å². The number of hydrogen-bond acceptors (Lipinski definition) is 2. The maximum atomic E-state index is 7.48. The number of nitrogens with two attached hydrogens (primary N) is 1. The van der Waals surface area contributed by atoms with Gasteiger partial charge >= 0.3 is 0 Å². The monoisotopic (exact) mass is 340 g/mol. The lowest BCUT2D eigenvalue weighted by Crippen LogP contribution is -2.11. The van der Waals surface area contributed by atoms with Gasteiger partial charge < -0.3 is 10.5 Å². The highest BCUT2D eigenvalue weighted by Gasteiger charge is 2.07. The molecule has 104 valence electrons. The fourth-order valence-corrected chi connectivity index (χ4v) is 2.76. The molecule has 0 aliphatic heterocycles. The van der Waals surface area contributed by atoms with Crippen molar-refractivity contribution in [3.63, 3.8) is 0 Å². The van der Waals surface area contributed by atoms with Gasteiger partial charge in [-0.3, -0.25) is 5.41 Å². The zero-order valence-electron chi connectivity index (χ0n) is 11.1. The van der Waals surface area contributed by atoms with Crippen LogP contribution in [-0.4, -0.2) is 5.84 Å². The van der Waals surface area contributed by atoms with E-state index in [1.807, 2.05) is 42.5 Å². The van der Waals surface area contributed by atoms with Crippen molar-refractivity contribution in [2.45, 2.75) is 0 Å². The highest BCUT2D eigenvalue weighted by molar-refractivity contribution is 9.10. The summed E-state index contributed by atoms with van der Waals surface area (Å²) in [6.07, 6.45) is 0.